The Labute approximate surface area is 101 Å². The van der Waals surface area contributed by atoms with Crippen LogP contribution in [0.5, 0.6) is 0 Å². The van der Waals surface area contributed by atoms with Gasteiger partial charge in [0.15, 0.2) is 12.2 Å². The predicted molar refractivity (Wildman–Crippen MR) is 59.7 cm³/mol. The second-order valence-corrected chi connectivity index (χ2v) is 3.60. The number of benzene rings is 1. The first-order chi connectivity index (χ1) is 7.93. The van der Waals surface area contributed by atoms with Gasteiger partial charge in [-0.3, -0.25) is 4.79 Å². The monoisotopic (exact) mass is 259 g/mol. The van der Waals surface area contributed by atoms with Crippen molar-refractivity contribution in [1.82, 2.24) is 0 Å². The standard InChI is InChI=1S/C10H10ClNO5/c11-5-3-1-2-4-6(5)12-9(15)7(13)8(14)10(16)17/h1-4,7-8,13-14H,(H,12,15)(H,16,17). The topological polar surface area (TPSA) is 107 Å². The summed E-state index contributed by atoms with van der Waals surface area (Å²) in [7, 11) is 0. The number of anilines is 1. The average Bonchev–Trinajstić information content (AvgIpc) is 2.30. The van der Waals surface area contributed by atoms with Crippen molar-refractivity contribution in [3.8, 4) is 0 Å². The summed E-state index contributed by atoms with van der Waals surface area (Å²) in [6, 6.07) is 6.22. The van der Waals surface area contributed by atoms with E-state index in [1.54, 1.807) is 12.1 Å². The van der Waals surface area contributed by atoms with Crippen molar-refractivity contribution >= 4 is 29.2 Å². The fourth-order valence-corrected chi connectivity index (χ4v) is 1.23. The molecule has 1 aromatic rings. The summed E-state index contributed by atoms with van der Waals surface area (Å²) in [5.41, 5.74) is 0.218. The van der Waals surface area contributed by atoms with Gasteiger partial charge in [-0.2, -0.15) is 0 Å². The maximum Gasteiger partial charge on any atom is 0.335 e. The van der Waals surface area contributed by atoms with Crippen molar-refractivity contribution in [2.45, 2.75) is 12.2 Å². The Morgan fingerprint density at radius 3 is 2.29 bits per heavy atom. The van der Waals surface area contributed by atoms with Crippen molar-refractivity contribution in [2.75, 3.05) is 5.32 Å². The number of aliphatic hydroxyl groups is 2. The zero-order chi connectivity index (χ0) is 13.0. The van der Waals surface area contributed by atoms with Crippen LogP contribution in [0.4, 0.5) is 5.69 Å². The fraction of sp³-hybridized carbons (Fsp3) is 0.200. The van der Waals surface area contributed by atoms with Gasteiger partial charge in [0.25, 0.3) is 5.91 Å². The molecule has 92 valence electrons. The smallest absolute Gasteiger partial charge is 0.335 e. The van der Waals surface area contributed by atoms with Crippen LogP contribution in [0.25, 0.3) is 0 Å². The Balaban J connectivity index is 2.73. The van der Waals surface area contributed by atoms with Gasteiger partial charge in [0.2, 0.25) is 0 Å². The zero-order valence-corrected chi connectivity index (χ0v) is 9.26. The second kappa shape index (κ2) is 5.62. The molecule has 0 aromatic heterocycles. The Morgan fingerprint density at radius 1 is 1.18 bits per heavy atom. The molecule has 2 unspecified atom stereocenters. The first kappa shape index (κ1) is 13.4. The third kappa shape index (κ3) is 3.42. The number of para-hydroxylation sites is 1. The van der Waals surface area contributed by atoms with E-state index in [1.807, 2.05) is 0 Å². The molecule has 17 heavy (non-hydrogen) atoms. The minimum atomic E-state index is -2.18. The molecule has 0 aliphatic rings. The number of carbonyl (C=O) groups excluding carboxylic acids is 1. The van der Waals surface area contributed by atoms with E-state index in [2.05, 4.69) is 5.32 Å². The summed E-state index contributed by atoms with van der Waals surface area (Å²) in [4.78, 5) is 21.7. The number of aliphatic carboxylic acids is 1. The van der Waals surface area contributed by atoms with Crippen LogP contribution in [-0.2, 0) is 9.59 Å². The number of carboxylic acid groups (broad SMARTS) is 1. The van der Waals surface area contributed by atoms with E-state index in [0.29, 0.717) is 0 Å². The van der Waals surface area contributed by atoms with Crippen LogP contribution < -0.4 is 5.32 Å². The lowest BCUT2D eigenvalue weighted by Crippen LogP contribution is -2.42. The van der Waals surface area contributed by atoms with Crippen molar-refractivity contribution in [2.24, 2.45) is 0 Å². The van der Waals surface area contributed by atoms with E-state index < -0.39 is 24.1 Å². The average molecular weight is 260 g/mol. The summed E-state index contributed by atoms with van der Waals surface area (Å²) >= 11 is 5.74. The third-order valence-electron chi connectivity index (χ3n) is 1.95. The van der Waals surface area contributed by atoms with Gasteiger partial charge in [-0.05, 0) is 12.1 Å². The molecule has 4 N–H and O–H groups in total. The van der Waals surface area contributed by atoms with E-state index in [0.717, 1.165) is 0 Å². The van der Waals surface area contributed by atoms with E-state index in [-0.39, 0.29) is 10.7 Å². The van der Waals surface area contributed by atoms with Crippen molar-refractivity contribution < 1.29 is 24.9 Å². The van der Waals surface area contributed by atoms with Crippen LogP contribution in [0, 0.1) is 0 Å². The van der Waals surface area contributed by atoms with Crippen molar-refractivity contribution in [3.63, 3.8) is 0 Å². The number of rotatable bonds is 4. The molecule has 0 spiro atoms. The lowest BCUT2D eigenvalue weighted by atomic mass is 10.2. The fourth-order valence-electron chi connectivity index (χ4n) is 1.05. The lowest BCUT2D eigenvalue weighted by Gasteiger charge is -2.14. The molecule has 0 heterocycles. The summed E-state index contributed by atoms with van der Waals surface area (Å²) in [6.07, 6.45) is -4.25. The Kier molecular flexibility index (Phi) is 4.45. The number of nitrogens with one attached hydrogen (secondary N) is 1. The van der Waals surface area contributed by atoms with Gasteiger partial charge in [-0.1, -0.05) is 23.7 Å². The molecule has 1 rings (SSSR count). The number of hydrogen-bond acceptors (Lipinski definition) is 4. The highest BCUT2D eigenvalue weighted by Gasteiger charge is 2.30. The van der Waals surface area contributed by atoms with E-state index in [9.17, 15) is 14.7 Å². The molecule has 0 radical (unpaired) electrons. The van der Waals surface area contributed by atoms with Gasteiger partial charge >= 0.3 is 5.97 Å². The SMILES string of the molecule is O=C(O)C(O)C(O)C(=O)Nc1ccccc1Cl. The highest BCUT2D eigenvalue weighted by atomic mass is 35.5. The number of halogens is 1. The minimum Gasteiger partial charge on any atom is -0.479 e. The number of carboxylic acids is 1. The normalized spacial score (nSPS) is 13.8. The molecule has 2 atom stereocenters. The molecule has 0 bridgehead atoms. The van der Waals surface area contributed by atoms with E-state index in [1.165, 1.54) is 12.1 Å². The van der Waals surface area contributed by atoms with Crippen LogP contribution in [0.1, 0.15) is 0 Å². The second-order valence-electron chi connectivity index (χ2n) is 3.20. The molecule has 0 aliphatic carbocycles. The van der Waals surface area contributed by atoms with Crippen LogP contribution >= 0.6 is 11.6 Å². The molecule has 7 heteroatoms. The Morgan fingerprint density at radius 2 is 1.76 bits per heavy atom. The van der Waals surface area contributed by atoms with Gasteiger partial charge < -0.3 is 20.6 Å². The van der Waals surface area contributed by atoms with Crippen LogP contribution in [0.15, 0.2) is 24.3 Å². The molecule has 0 saturated heterocycles. The minimum absolute atomic E-state index is 0.218. The lowest BCUT2D eigenvalue weighted by molar-refractivity contribution is -0.156. The van der Waals surface area contributed by atoms with Crippen molar-refractivity contribution in [1.29, 1.82) is 0 Å². The summed E-state index contributed by atoms with van der Waals surface area (Å²) in [5, 5.41) is 29.0. The van der Waals surface area contributed by atoms with Gasteiger partial charge in [0.1, 0.15) is 0 Å². The molecule has 1 aromatic carbocycles. The quantitative estimate of drug-likeness (QED) is 0.613. The van der Waals surface area contributed by atoms with Gasteiger partial charge in [0.05, 0.1) is 10.7 Å². The van der Waals surface area contributed by atoms with Crippen LogP contribution in [-0.4, -0.2) is 39.4 Å². The maximum atomic E-state index is 11.4. The molecule has 0 aliphatic heterocycles. The molecule has 0 saturated carbocycles. The predicted octanol–water partition coefficient (Wildman–Crippen LogP) is 0.0849. The number of carbonyl (C=O) groups is 2. The molecular weight excluding hydrogens is 250 g/mol. The molecule has 1 amide bonds. The third-order valence-corrected chi connectivity index (χ3v) is 2.28. The van der Waals surface area contributed by atoms with Gasteiger partial charge in [-0.15, -0.1) is 0 Å². The highest BCUT2D eigenvalue weighted by molar-refractivity contribution is 6.33. The zero-order valence-electron chi connectivity index (χ0n) is 8.50. The summed E-state index contributed by atoms with van der Waals surface area (Å²) in [5.74, 6) is -2.74. The largest absolute Gasteiger partial charge is 0.479 e. The number of hydrogen-bond donors (Lipinski definition) is 4. The first-order valence-electron chi connectivity index (χ1n) is 4.58. The van der Waals surface area contributed by atoms with E-state index in [4.69, 9.17) is 21.8 Å². The number of amides is 1. The van der Waals surface area contributed by atoms with Gasteiger partial charge in [0, 0.05) is 0 Å². The Hall–Kier alpha value is -1.63. The summed E-state index contributed by atoms with van der Waals surface area (Å²) in [6.45, 7) is 0. The van der Waals surface area contributed by atoms with Crippen molar-refractivity contribution in [3.05, 3.63) is 29.3 Å². The Bertz CT molecular complexity index is 436. The number of aliphatic hydroxyl groups excluding tert-OH is 2. The molecule has 6 nitrogen and oxygen atoms in total. The van der Waals surface area contributed by atoms with Gasteiger partial charge in [-0.25, -0.2) is 4.79 Å². The van der Waals surface area contributed by atoms with Crippen LogP contribution in [0.3, 0.4) is 0 Å². The maximum absolute atomic E-state index is 11.4. The van der Waals surface area contributed by atoms with Crippen LogP contribution in [0.2, 0.25) is 5.02 Å². The molecule has 0 fully saturated rings. The summed E-state index contributed by atoms with van der Waals surface area (Å²) < 4.78 is 0. The first-order valence-corrected chi connectivity index (χ1v) is 4.95. The highest BCUT2D eigenvalue weighted by Crippen LogP contribution is 2.20. The van der Waals surface area contributed by atoms with E-state index >= 15 is 0 Å². The molecular formula is C10H10ClNO5.